The molecule has 6 heteroatoms. The first-order valence-corrected chi connectivity index (χ1v) is 8.55. The molecule has 0 saturated carbocycles. The van der Waals surface area contributed by atoms with Crippen molar-refractivity contribution in [3.05, 3.63) is 34.9 Å². The van der Waals surface area contributed by atoms with Crippen LogP contribution in [0.4, 0.5) is 4.79 Å². The molecule has 0 saturated heterocycles. The minimum atomic E-state index is -3.06. The second-order valence-corrected chi connectivity index (χ2v) is 7.30. The topological polar surface area (TPSA) is 75.3 Å². The maximum absolute atomic E-state index is 11.7. The number of urea groups is 1. The van der Waals surface area contributed by atoms with E-state index >= 15 is 0 Å². The average Bonchev–Trinajstić information content (AvgIpc) is 2.30. The van der Waals surface area contributed by atoms with Crippen LogP contribution in [-0.2, 0) is 9.84 Å². The minimum Gasteiger partial charge on any atom is -0.337 e. The number of hydrogen-bond donors (Lipinski definition) is 2. The number of benzene rings is 1. The summed E-state index contributed by atoms with van der Waals surface area (Å²) in [6.07, 6.45) is 1.14. The first kappa shape index (κ1) is 16.5. The Morgan fingerprint density at radius 1 is 1.30 bits per heavy atom. The molecule has 0 radical (unpaired) electrons. The summed E-state index contributed by atoms with van der Waals surface area (Å²) in [7, 11) is -3.06. The summed E-state index contributed by atoms with van der Waals surface area (Å²) in [5, 5.41) is 5.35. The highest BCUT2D eigenvalue weighted by Crippen LogP contribution is 2.19. The molecule has 0 heterocycles. The van der Waals surface area contributed by atoms with Gasteiger partial charge in [-0.1, -0.05) is 18.2 Å². The van der Waals surface area contributed by atoms with E-state index in [2.05, 4.69) is 10.6 Å². The smallest absolute Gasteiger partial charge is 0.315 e. The standard InChI is InChI=1S/C14H22N2O3S/c1-10-6-5-7-13(11(10)2)12(3)16-14(17)15-8-9-20(4,18)19/h5-7,12H,8-9H2,1-4H3,(H2,15,16,17). The van der Waals surface area contributed by atoms with Crippen LogP contribution in [0.25, 0.3) is 0 Å². The summed E-state index contributed by atoms with van der Waals surface area (Å²) in [6, 6.07) is 5.47. The maximum atomic E-state index is 11.7. The second-order valence-electron chi connectivity index (χ2n) is 5.04. The van der Waals surface area contributed by atoms with Crippen LogP contribution >= 0.6 is 0 Å². The minimum absolute atomic E-state index is 0.0573. The molecule has 0 fully saturated rings. The third-order valence-corrected chi connectivity index (χ3v) is 4.16. The lowest BCUT2D eigenvalue weighted by Gasteiger charge is -2.18. The van der Waals surface area contributed by atoms with Crippen molar-refractivity contribution in [3.63, 3.8) is 0 Å². The molecule has 0 aliphatic heterocycles. The predicted octanol–water partition coefficient (Wildman–Crippen LogP) is 1.71. The molecule has 1 atom stereocenters. The van der Waals surface area contributed by atoms with Crippen LogP contribution < -0.4 is 10.6 Å². The zero-order valence-corrected chi connectivity index (χ0v) is 13.2. The molecular weight excluding hydrogens is 276 g/mol. The quantitative estimate of drug-likeness (QED) is 0.869. The van der Waals surface area contributed by atoms with Crippen molar-refractivity contribution in [2.24, 2.45) is 0 Å². The predicted molar refractivity (Wildman–Crippen MR) is 80.6 cm³/mol. The van der Waals surface area contributed by atoms with E-state index in [9.17, 15) is 13.2 Å². The SMILES string of the molecule is Cc1cccc(C(C)NC(=O)NCCS(C)(=O)=O)c1C. The number of rotatable bonds is 5. The maximum Gasteiger partial charge on any atom is 0.315 e. The van der Waals surface area contributed by atoms with Gasteiger partial charge in [-0.2, -0.15) is 0 Å². The molecule has 20 heavy (non-hydrogen) atoms. The van der Waals surface area contributed by atoms with Gasteiger partial charge in [0.05, 0.1) is 11.8 Å². The van der Waals surface area contributed by atoms with Crippen LogP contribution in [-0.4, -0.2) is 33.0 Å². The number of carbonyl (C=O) groups excluding carboxylic acids is 1. The number of hydrogen-bond acceptors (Lipinski definition) is 3. The third-order valence-electron chi connectivity index (χ3n) is 3.22. The zero-order valence-electron chi connectivity index (χ0n) is 12.4. The lowest BCUT2D eigenvalue weighted by atomic mass is 9.98. The van der Waals surface area contributed by atoms with Crippen molar-refractivity contribution in [2.45, 2.75) is 26.8 Å². The van der Waals surface area contributed by atoms with Crippen LogP contribution in [0, 0.1) is 13.8 Å². The van der Waals surface area contributed by atoms with Crippen LogP contribution in [0.15, 0.2) is 18.2 Å². The van der Waals surface area contributed by atoms with Gasteiger partial charge in [-0.3, -0.25) is 0 Å². The van der Waals surface area contributed by atoms with E-state index in [4.69, 9.17) is 0 Å². The van der Waals surface area contributed by atoms with Crippen molar-refractivity contribution in [1.29, 1.82) is 0 Å². The van der Waals surface area contributed by atoms with Crippen molar-refractivity contribution in [2.75, 3.05) is 18.6 Å². The molecule has 2 N–H and O–H groups in total. The van der Waals surface area contributed by atoms with Gasteiger partial charge < -0.3 is 10.6 Å². The lowest BCUT2D eigenvalue weighted by Crippen LogP contribution is -2.39. The highest BCUT2D eigenvalue weighted by Gasteiger charge is 2.12. The van der Waals surface area contributed by atoms with Crippen molar-refractivity contribution < 1.29 is 13.2 Å². The Bertz CT molecular complexity index is 582. The van der Waals surface area contributed by atoms with Crippen LogP contribution in [0.5, 0.6) is 0 Å². The van der Waals surface area contributed by atoms with Crippen molar-refractivity contribution in [3.8, 4) is 0 Å². The van der Waals surface area contributed by atoms with Gasteiger partial charge in [0, 0.05) is 12.8 Å². The number of amides is 2. The Morgan fingerprint density at radius 2 is 1.95 bits per heavy atom. The fourth-order valence-corrected chi connectivity index (χ4v) is 2.39. The van der Waals surface area contributed by atoms with E-state index in [1.807, 2.05) is 39.0 Å². The molecule has 112 valence electrons. The largest absolute Gasteiger partial charge is 0.337 e. The van der Waals surface area contributed by atoms with Gasteiger partial charge in [0.1, 0.15) is 9.84 Å². The van der Waals surface area contributed by atoms with Crippen molar-refractivity contribution in [1.82, 2.24) is 10.6 Å². The van der Waals surface area contributed by atoms with E-state index in [-0.39, 0.29) is 24.4 Å². The second kappa shape index (κ2) is 6.74. The van der Waals surface area contributed by atoms with E-state index in [1.54, 1.807) is 0 Å². The van der Waals surface area contributed by atoms with E-state index in [0.29, 0.717) is 0 Å². The molecule has 0 aromatic heterocycles. The zero-order chi connectivity index (χ0) is 15.3. The van der Waals surface area contributed by atoms with Gasteiger partial charge in [0.2, 0.25) is 0 Å². The first-order chi connectivity index (χ1) is 9.20. The summed E-state index contributed by atoms with van der Waals surface area (Å²) in [5.41, 5.74) is 3.38. The van der Waals surface area contributed by atoms with Crippen LogP contribution in [0.2, 0.25) is 0 Å². The number of sulfone groups is 1. The average molecular weight is 298 g/mol. The Kier molecular flexibility index (Phi) is 5.56. The molecule has 1 aromatic carbocycles. The van der Waals surface area contributed by atoms with Gasteiger partial charge in [-0.05, 0) is 37.5 Å². The Labute approximate surface area is 120 Å². The van der Waals surface area contributed by atoms with Gasteiger partial charge in [-0.15, -0.1) is 0 Å². The fraction of sp³-hybridized carbons (Fsp3) is 0.500. The normalized spacial score (nSPS) is 12.8. The lowest BCUT2D eigenvalue weighted by molar-refractivity contribution is 0.238. The summed E-state index contributed by atoms with van der Waals surface area (Å²) in [6.45, 7) is 6.06. The summed E-state index contributed by atoms with van der Waals surface area (Å²) in [5.74, 6) is -0.0573. The van der Waals surface area contributed by atoms with Crippen LogP contribution in [0.1, 0.15) is 29.7 Å². The molecular formula is C14H22N2O3S. The number of aryl methyl sites for hydroxylation is 1. The number of carbonyl (C=O) groups is 1. The van der Waals surface area contributed by atoms with Crippen LogP contribution in [0.3, 0.4) is 0 Å². The molecule has 0 aliphatic carbocycles. The van der Waals surface area contributed by atoms with Gasteiger partial charge in [0.15, 0.2) is 0 Å². The molecule has 5 nitrogen and oxygen atoms in total. The van der Waals surface area contributed by atoms with Crippen molar-refractivity contribution >= 4 is 15.9 Å². The molecule has 1 unspecified atom stereocenters. The molecule has 0 spiro atoms. The summed E-state index contributed by atoms with van der Waals surface area (Å²) >= 11 is 0. The molecule has 2 amide bonds. The van der Waals surface area contributed by atoms with E-state index in [0.717, 1.165) is 17.4 Å². The fourth-order valence-electron chi connectivity index (χ4n) is 1.92. The Morgan fingerprint density at radius 3 is 2.55 bits per heavy atom. The molecule has 0 aliphatic rings. The summed E-state index contributed by atoms with van der Waals surface area (Å²) in [4.78, 5) is 11.7. The Hall–Kier alpha value is -1.56. The number of nitrogens with one attached hydrogen (secondary N) is 2. The Balaban J connectivity index is 2.55. The van der Waals surface area contributed by atoms with Gasteiger partial charge in [-0.25, -0.2) is 13.2 Å². The van der Waals surface area contributed by atoms with Gasteiger partial charge >= 0.3 is 6.03 Å². The summed E-state index contributed by atoms with van der Waals surface area (Å²) < 4.78 is 21.9. The van der Waals surface area contributed by atoms with E-state index in [1.165, 1.54) is 5.56 Å². The van der Waals surface area contributed by atoms with Gasteiger partial charge in [0.25, 0.3) is 0 Å². The first-order valence-electron chi connectivity index (χ1n) is 6.49. The molecule has 1 aromatic rings. The molecule has 0 bridgehead atoms. The highest BCUT2D eigenvalue weighted by molar-refractivity contribution is 7.90. The highest BCUT2D eigenvalue weighted by atomic mass is 32.2. The molecule has 1 rings (SSSR count). The van der Waals surface area contributed by atoms with E-state index < -0.39 is 9.84 Å². The third kappa shape index (κ3) is 5.21. The monoisotopic (exact) mass is 298 g/mol.